The van der Waals surface area contributed by atoms with Crippen LogP contribution < -0.4 is 4.72 Å². The standard InChI is InChI=1S/C15H14BrN3O3S/c1-9-7-11(3-4-12(9)16)19-23(20,21)15-6-5-14(22-15)13-8-10(2)17-18-13/h3-8,19H,1-2H3,(H,17,18). The predicted molar refractivity (Wildman–Crippen MR) is 90.7 cm³/mol. The van der Waals surface area contributed by atoms with E-state index in [9.17, 15) is 8.42 Å². The summed E-state index contributed by atoms with van der Waals surface area (Å²) in [5, 5.41) is 6.68. The Morgan fingerprint density at radius 1 is 1.17 bits per heavy atom. The molecule has 0 spiro atoms. The van der Waals surface area contributed by atoms with E-state index in [-0.39, 0.29) is 5.09 Å². The molecule has 0 amide bonds. The largest absolute Gasteiger partial charge is 0.441 e. The van der Waals surface area contributed by atoms with E-state index in [1.165, 1.54) is 6.07 Å². The van der Waals surface area contributed by atoms with Crippen molar-refractivity contribution in [3.8, 4) is 11.5 Å². The molecule has 0 unspecified atom stereocenters. The average molecular weight is 396 g/mol. The van der Waals surface area contributed by atoms with Crippen LogP contribution in [0.5, 0.6) is 0 Å². The number of halogens is 1. The van der Waals surface area contributed by atoms with Crippen LogP contribution in [0, 0.1) is 13.8 Å². The number of aromatic amines is 1. The zero-order valence-electron chi connectivity index (χ0n) is 12.4. The van der Waals surface area contributed by atoms with Crippen molar-refractivity contribution >= 4 is 31.6 Å². The van der Waals surface area contributed by atoms with Gasteiger partial charge in [-0.1, -0.05) is 15.9 Å². The van der Waals surface area contributed by atoms with E-state index in [4.69, 9.17) is 4.42 Å². The molecule has 2 N–H and O–H groups in total. The summed E-state index contributed by atoms with van der Waals surface area (Å²) in [5.41, 5.74) is 2.82. The molecule has 0 fully saturated rings. The first-order valence-electron chi connectivity index (χ1n) is 6.76. The lowest BCUT2D eigenvalue weighted by atomic mass is 10.2. The van der Waals surface area contributed by atoms with E-state index in [1.807, 2.05) is 13.8 Å². The summed E-state index contributed by atoms with van der Waals surface area (Å²) in [6.45, 7) is 3.74. The van der Waals surface area contributed by atoms with Gasteiger partial charge < -0.3 is 4.42 Å². The number of aromatic nitrogens is 2. The van der Waals surface area contributed by atoms with Crippen molar-refractivity contribution < 1.29 is 12.8 Å². The fourth-order valence-electron chi connectivity index (χ4n) is 2.06. The first-order valence-corrected chi connectivity index (χ1v) is 9.04. The number of furan rings is 1. The highest BCUT2D eigenvalue weighted by Crippen LogP contribution is 2.26. The predicted octanol–water partition coefficient (Wildman–Crippen LogP) is 3.85. The molecule has 6 nitrogen and oxygen atoms in total. The van der Waals surface area contributed by atoms with Crippen LogP contribution in [0.25, 0.3) is 11.5 Å². The van der Waals surface area contributed by atoms with Crippen LogP contribution in [0.2, 0.25) is 0 Å². The summed E-state index contributed by atoms with van der Waals surface area (Å²) in [4.78, 5) is 0. The second kappa shape index (κ2) is 5.86. The molecule has 2 heterocycles. The molecule has 3 aromatic rings. The molecule has 0 bridgehead atoms. The molecule has 8 heteroatoms. The Hall–Kier alpha value is -2.06. The molecule has 3 rings (SSSR count). The van der Waals surface area contributed by atoms with Crippen LogP contribution in [0.3, 0.4) is 0 Å². The van der Waals surface area contributed by atoms with Crippen LogP contribution in [-0.2, 0) is 10.0 Å². The molecule has 23 heavy (non-hydrogen) atoms. The molecule has 2 aromatic heterocycles. The van der Waals surface area contributed by atoms with E-state index >= 15 is 0 Å². The maximum absolute atomic E-state index is 12.4. The molecular weight excluding hydrogens is 382 g/mol. The second-order valence-corrected chi connectivity index (χ2v) is 7.59. The van der Waals surface area contributed by atoms with Crippen LogP contribution in [0.15, 0.2) is 50.4 Å². The third-order valence-corrected chi connectivity index (χ3v) is 5.36. The van der Waals surface area contributed by atoms with Gasteiger partial charge in [0.15, 0.2) is 5.76 Å². The SMILES string of the molecule is Cc1cc(-c2ccc(S(=O)(=O)Nc3ccc(Br)c(C)c3)o2)n[nH]1. The van der Waals surface area contributed by atoms with Crippen molar-refractivity contribution in [3.63, 3.8) is 0 Å². The lowest BCUT2D eigenvalue weighted by molar-refractivity contribution is 0.462. The Balaban J connectivity index is 1.88. The zero-order valence-corrected chi connectivity index (χ0v) is 14.8. The zero-order chi connectivity index (χ0) is 16.6. The molecule has 120 valence electrons. The van der Waals surface area contributed by atoms with E-state index in [2.05, 4.69) is 30.8 Å². The maximum atomic E-state index is 12.4. The number of nitrogens with one attached hydrogen (secondary N) is 2. The van der Waals surface area contributed by atoms with Crippen LogP contribution >= 0.6 is 15.9 Å². The van der Waals surface area contributed by atoms with Gasteiger partial charge in [0.1, 0.15) is 5.69 Å². The summed E-state index contributed by atoms with van der Waals surface area (Å²) in [6.07, 6.45) is 0. The number of aryl methyl sites for hydroxylation is 2. The average Bonchev–Trinajstić information content (AvgIpc) is 3.11. The Morgan fingerprint density at radius 3 is 2.61 bits per heavy atom. The van der Waals surface area contributed by atoms with Crippen LogP contribution in [0.1, 0.15) is 11.3 Å². The van der Waals surface area contributed by atoms with Gasteiger partial charge in [0.25, 0.3) is 10.0 Å². The number of sulfonamides is 1. The van der Waals surface area contributed by atoms with Crippen molar-refractivity contribution in [2.45, 2.75) is 18.9 Å². The number of nitrogens with zero attached hydrogens (tertiary/aromatic N) is 1. The Kier molecular flexibility index (Phi) is 4.03. The van der Waals surface area contributed by atoms with Gasteiger partial charge in [0.05, 0.1) is 0 Å². The quantitative estimate of drug-likeness (QED) is 0.701. The number of rotatable bonds is 4. The van der Waals surface area contributed by atoms with Gasteiger partial charge in [-0.3, -0.25) is 9.82 Å². The number of benzene rings is 1. The maximum Gasteiger partial charge on any atom is 0.295 e. The topological polar surface area (TPSA) is 88.0 Å². The Labute approximate surface area is 142 Å². The minimum absolute atomic E-state index is 0.159. The second-order valence-electron chi connectivity index (χ2n) is 5.12. The molecule has 0 saturated heterocycles. The fraction of sp³-hybridized carbons (Fsp3) is 0.133. The highest BCUT2D eigenvalue weighted by molar-refractivity contribution is 9.10. The smallest absolute Gasteiger partial charge is 0.295 e. The molecule has 0 aliphatic heterocycles. The molecule has 0 aliphatic rings. The highest BCUT2D eigenvalue weighted by atomic mass is 79.9. The molecule has 0 aliphatic carbocycles. The number of hydrogen-bond acceptors (Lipinski definition) is 4. The van der Waals surface area contributed by atoms with Crippen molar-refractivity contribution in [1.82, 2.24) is 10.2 Å². The molecule has 1 aromatic carbocycles. The summed E-state index contributed by atoms with van der Waals surface area (Å²) in [7, 11) is -3.79. The van der Waals surface area contributed by atoms with E-state index in [0.29, 0.717) is 17.1 Å². The Morgan fingerprint density at radius 2 is 1.96 bits per heavy atom. The van der Waals surface area contributed by atoms with E-state index in [0.717, 1.165) is 15.7 Å². The van der Waals surface area contributed by atoms with Crippen molar-refractivity contribution in [2.24, 2.45) is 0 Å². The van der Waals surface area contributed by atoms with Gasteiger partial charge in [0.2, 0.25) is 5.09 Å². The first-order chi connectivity index (χ1) is 10.8. The number of hydrogen-bond donors (Lipinski definition) is 2. The normalized spacial score (nSPS) is 11.6. The molecular formula is C15H14BrN3O3S. The van der Waals surface area contributed by atoms with E-state index in [1.54, 1.807) is 30.3 Å². The molecule has 0 saturated carbocycles. The minimum atomic E-state index is -3.79. The van der Waals surface area contributed by atoms with Crippen LogP contribution in [-0.4, -0.2) is 18.6 Å². The monoisotopic (exact) mass is 395 g/mol. The third-order valence-electron chi connectivity index (χ3n) is 3.21. The van der Waals surface area contributed by atoms with Gasteiger partial charge in [-0.05, 0) is 55.8 Å². The van der Waals surface area contributed by atoms with Crippen molar-refractivity contribution in [3.05, 3.63) is 52.1 Å². The van der Waals surface area contributed by atoms with Gasteiger partial charge in [0, 0.05) is 15.9 Å². The summed E-state index contributed by atoms with van der Waals surface area (Å²) in [5.74, 6) is 0.390. The summed E-state index contributed by atoms with van der Waals surface area (Å²) < 4.78 is 33.7. The van der Waals surface area contributed by atoms with E-state index < -0.39 is 10.0 Å². The van der Waals surface area contributed by atoms with Gasteiger partial charge in [-0.25, -0.2) is 0 Å². The summed E-state index contributed by atoms with van der Waals surface area (Å²) in [6, 6.07) is 9.97. The van der Waals surface area contributed by atoms with Gasteiger partial charge in [-0.2, -0.15) is 13.5 Å². The Bertz CT molecular complexity index is 960. The van der Waals surface area contributed by atoms with Gasteiger partial charge >= 0.3 is 0 Å². The first kappa shape index (κ1) is 15.8. The molecule has 0 radical (unpaired) electrons. The lowest BCUT2D eigenvalue weighted by Gasteiger charge is -2.07. The van der Waals surface area contributed by atoms with Crippen molar-refractivity contribution in [1.29, 1.82) is 0 Å². The van der Waals surface area contributed by atoms with Gasteiger partial charge in [-0.15, -0.1) is 0 Å². The lowest BCUT2D eigenvalue weighted by Crippen LogP contribution is -2.12. The molecule has 0 atom stereocenters. The number of anilines is 1. The van der Waals surface area contributed by atoms with Crippen molar-refractivity contribution in [2.75, 3.05) is 4.72 Å². The third kappa shape index (κ3) is 3.32. The minimum Gasteiger partial charge on any atom is -0.441 e. The number of H-pyrrole nitrogens is 1. The summed E-state index contributed by atoms with van der Waals surface area (Å²) >= 11 is 3.38. The fourth-order valence-corrected chi connectivity index (χ4v) is 3.29. The van der Waals surface area contributed by atoms with Crippen LogP contribution in [0.4, 0.5) is 5.69 Å². The highest BCUT2D eigenvalue weighted by Gasteiger charge is 2.20.